The van der Waals surface area contributed by atoms with Gasteiger partial charge in [-0.05, 0) is 32.3 Å². The molecule has 128 valence electrons. The minimum absolute atomic E-state index is 0.610. The Morgan fingerprint density at radius 2 is 2.12 bits per heavy atom. The van der Waals surface area contributed by atoms with Gasteiger partial charge in [-0.15, -0.1) is 0 Å². The van der Waals surface area contributed by atoms with Gasteiger partial charge in [-0.25, -0.2) is 9.97 Å². The Kier molecular flexibility index (Phi) is 5.05. The Labute approximate surface area is 153 Å². The fourth-order valence-corrected chi connectivity index (χ4v) is 3.28. The average molecular weight is 352 g/mol. The summed E-state index contributed by atoms with van der Waals surface area (Å²) in [5.74, 6) is 0.747. The van der Waals surface area contributed by atoms with E-state index in [1.165, 1.54) is 22.9 Å². The largest absolute Gasteiger partial charge is 0.347 e. The number of nitrogens with zero attached hydrogens (tertiary/aromatic N) is 3. The molecular weight excluding hydrogens is 330 g/mol. The van der Waals surface area contributed by atoms with E-state index in [-0.39, 0.29) is 0 Å². The standard InChI is InChI=1S/C16H14ClN3.C5H8/c1-10-18-8-14(17)15(19-10)13-9-20-7-3-5-11-4-2-6-12(13)16(11)20;1-4-5(2)3/h2,4,6,8-9H,3,5,7H2,1H3;4H,1-2H2,3H3. The number of halogens is 1. The Bertz CT molecular complexity index is 953. The van der Waals surface area contributed by atoms with Gasteiger partial charge in [0.15, 0.2) is 0 Å². The summed E-state index contributed by atoms with van der Waals surface area (Å²) in [5.41, 5.74) is 5.72. The molecule has 3 nitrogen and oxygen atoms in total. The van der Waals surface area contributed by atoms with Crippen molar-refractivity contribution in [1.82, 2.24) is 14.5 Å². The molecule has 0 fully saturated rings. The van der Waals surface area contributed by atoms with Gasteiger partial charge < -0.3 is 4.57 Å². The Balaban J connectivity index is 0.000000324. The van der Waals surface area contributed by atoms with Crippen LogP contribution in [0.3, 0.4) is 0 Å². The topological polar surface area (TPSA) is 30.7 Å². The summed E-state index contributed by atoms with van der Waals surface area (Å²) < 4.78 is 2.33. The van der Waals surface area contributed by atoms with E-state index in [1.807, 2.05) is 13.8 Å². The Morgan fingerprint density at radius 3 is 2.84 bits per heavy atom. The summed E-state index contributed by atoms with van der Waals surface area (Å²) >= 11 is 6.30. The van der Waals surface area contributed by atoms with E-state index in [1.54, 1.807) is 12.3 Å². The van der Waals surface area contributed by atoms with Gasteiger partial charge in [0.2, 0.25) is 0 Å². The highest BCUT2D eigenvalue weighted by atomic mass is 35.5. The van der Waals surface area contributed by atoms with Gasteiger partial charge in [-0.2, -0.15) is 0 Å². The lowest BCUT2D eigenvalue weighted by Crippen LogP contribution is -2.05. The SMILES string of the molecule is C=CC(=C)C.Cc1ncc(Cl)c(-c2cn3c4c(cccc24)CCC3)n1. The van der Waals surface area contributed by atoms with Gasteiger partial charge in [-0.1, -0.05) is 54.6 Å². The third-order valence-corrected chi connectivity index (χ3v) is 4.57. The van der Waals surface area contributed by atoms with Crippen molar-refractivity contribution in [2.24, 2.45) is 0 Å². The zero-order chi connectivity index (χ0) is 18.0. The van der Waals surface area contributed by atoms with Crippen molar-refractivity contribution < 1.29 is 0 Å². The zero-order valence-corrected chi connectivity index (χ0v) is 15.5. The first-order valence-electron chi connectivity index (χ1n) is 8.39. The molecule has 3 aromatic rings. The van der Waals surface area contributed by atoms with Crippen LogP contribution in [-0.2, 0) is 13.0 Å². The molecule has 1 aliphatic rings. The lowest BCUT2D eigenvalue weighted by Gasteiger charge is -2.14. The fraction of sp³-hybridized carbons (Fsp3) is 0.238. The van der Waals surface area contributed by atoms with Crippen molar-refractivity contribution in [1.29, 1.82) is 0 Å². The fourth-order valence-electron chi connectivity index (χ4n) is 3.09. The summed E-state index contributed by atoms with van der Waals surface area (Å²) in [6, 6.07) is 6.50. The van der Waals surface area contributed by atoms with Crippen molar-refractivity contribution in [2.45, 2.75) is 33.2 Å². The molecule has 4 heteroatoms. The van der Waals surface area contributed by atoms with Gasteiger partial charge >= 0.3 is 0 Å². The number of hydrogen-bond donors (Lipinski definition) is 0. The van der Waals surface area contributed by atoms with Crippen molar-refractivity contribution >= 4 is 22.5 Å². The van der Waals surface area contributed by atoms with E-state index < -0.39 is 0 Å². The number of allylic oxidation sites excluding steroid dienone is 2. The highest BCUT2D eigenvalue weighted by Crippen LogP contribution is 2.36. The summed E-state index contributed by atoms with van der Waals surface area (Å²) in [7, 11) is 0. The molecule has 0 saturated carbocycles. The van der Waals surface area contributed by atoms with Crippen LogP contribution < -0.4 is 0 Å². The quantitative estimate of drug-likeness (QED) is 0.550. The van der Waals surface area contributed by atoms with Crippen LogP contribution in [-0.4, -0.2) is 14.5 Å². The molecular formula is C21H22ClN3. The molecule has 0 amide bonds. The second kappa shape index (κ2) is 7.24. The summed E-state index contributed by atoms with van der Waals surface area (Å²) in [4.78, 5) is 8.69. The second-order valence-corrected chi connectivity index (χ2v) is 6.72. The maximum absolute atomic E-state index is 6.30. The molecule has 0 unspecified atom stereocenters. The van der Waals surface area contributed by atoms with E-state index in [0.717, 1.165) is 35.6 Å². The molecule has 0 saturated heterocycles. The van der Waals surface area contributed by atoms with Crippen molar-refractivity contribution in [3.63, 3.8) is 0 Å². The van der Waals surface area contributed by atoms with Gasteiger partial charge in [-0.3, -0.25) is 0 Å². The second-order valence-electron chi connectivity index (χ2n) is 6.32. The number of aromatic nitrogens is 3. The van der Waals surface area contributed by atoms with Crippen LogP contribution in [0, 0.1) is 6.92 Å². The first-order valence-corrected chi connectivity index (χ1v) is 8.77. The first-order chi connectivity index (χ1) is 12.0. The molecule has 1 aliphatic heterocycles. The van der Waals surface area contributed by atoms with Gasteiger partial charge in [0.1, 0.15) is 5.82 Å². The number of rotatable bonds is 2. The average Bonchev–Trinajstić information content (AvgIpc) is 2.99. The minimum Gasteiger partial charge on any atom is -0.347 e. The molecule has 3 heterocycles. The third kappa shape index (κ3) is 3.52. The van der Waals surface area contributed by atoms with Crippen LogP contribution in [0.4, 0.5) is 0 Å². The van der Waals surface area contributed by atoms with Crippen molar-refractivity contribution in [2.75, 3.05) is 0 Å². The molecule has 0 aliphatic carbocycles. The molecule has 1 aromatic carbocycles. The highest BCUT2D eigenvalue weighted by molar-refractivity contribution is 6.33. The molecule has 0 radical (unpaired) electrons. The summed E-state index contributed by atoms with van der Waals surface area (Å²) in [5, 5.41) is 1.85. The van der Waals surface area contributed by atoms with Crippen LogP contribution >= 0.6 is 11.6 Å². The minimum atomic E-state index is 0.610. The Morgan fingerprint density at radius 1 is 1.36 bits per heavy atom. The van der Waals surface area contributed by atoms with E-state index in [9.17, 15) is 0 Å². The molecule has 4 rings (SSSR count). The predicted octanol–water partition coefficient (Wildman–Crippen LogP) is 5.75. The van der Waals surface area contributed by atoms with E-state index in [2.05, 4.69) is 52.1 Å². The van der Waals surface area contributed by atoms with Gasteiger partial charge in [0.25, 0.3) is 0 Å². The highest BCUT2D eigenvalue weighted by Gasteiger charge is 2.18. The lowest BCUT2D eigenvalue weighted by molar-refractivity contribution is 0.636. The van der Waals surface area contributed by atoms with E-state index >= 15 is 0 Å². The van der Waals surface area contributed by atoms with E-state index in [4.69, 9.17) is 11.6 Å². The number of aryl methyl sites for hydroxylation is 3. The number of benzene rings is 1. The van der Waals surface area contributed by atoms with Crippen molar-refractivity contribution in [3.8, 4) is 11.3 Å². The molecule has 0 N–H and O–H groups in total. The maximum atomic E-state index is 6.30. The van der Waals surface area contributed by atoms with Crippen LogP contribution in [0.25, 0.3) is 22.2 Å². The van der Waals surface area contributed by atoms with E-state index in [0.29, 0.717) is 5.02 Å². The predicted molar refractivity (Wildman–Crippen MR) is 106 cm³/mol. The smallest absolute Gasteiger partial charge is 0.125 e. The number of para-hydroxylation sites is 1. The summed E-state index contributed by atoms with van der Waals surface area (Å²) in [6.07, 6.45) is 7.93. The lowest BCUT2D eigenvalue weighted by atomic mass is 10.0. The molecule has 0 spiro atoms. The molecule has 2 aromatic heterocycles. The molecule has 0 bridgehead atoms. The normalized spacial score (nSPS) is 12.4. The molecule has 25 heavy (non-hydrogen) atoms. The third-order valence-electron chi connectivity index (χ3n) is 4.30. The van der Waals surface area contributed by atoms with Crippen molar-refractivity contribution in [3.05, 3.63) is 71.8 Å². The van der Waals surface area contributed by atoms with Crippen LogP contribution in [0.5, 0.6) is 0 Å². The van der Waals surface area contributed by atoms with Crippen LogP contribution in [0.2, 0.25) is 5.02 Å². The molecule has 0 atom stereocenters. The summed E-state index contributed by atoms with van der Waals surface area (Å²) in [6.45, 7) is 11.9. The van der Waals surface area contributed by atoms with Gasteiger partial charge in [0.05, 0.1) is 16.2 Å². The zero-order valence-electron chi connectivity index (χ0n) is 14.7. The first kappa shape index (κ1) is 17.4. The van der Waals surface area contributed by atoms with Crippen LogP contribution in [0.15, 0.2) is 55.4 Å². The monoisotopic (exact) mass is 351 g/mol. The van der Waals surface area contributed by atoms with Crippen LogP contribution in [0.1, 0.15) is 24.7 Å². The van der Waals surface area contributed by atoms with Gasteiger partial charge in [0, 0.05) is 29.9 Å². The number of hydrogen-bond acceptors (Lipinski definition) is 2. The maximum Gasteiger partial charge on any atom is 0.125 e. The Hall–Kier alpha value is -2.39.